The van der Waals surface area contributed by atoms with Crippen molar-refractivity contribution in [1.29, 1.82) is 0 Å². The van der Waals surface area contributed by atoms with Crippen molar-refractivity contribution in [2.75, 3.05) is 26.4 Å². The minimum Gasteiger partial charge on any atom is -0.470 e. The maximum atomic E-state index is 12.4. The number of rotatable bonds is 8. The second-order valence-electron chi connectivity index (χ2n) is 6.29. The van der Waals surface area contributed by atoms with Gasteiger partial charge in [-0.25, -0.2) is 9.97 Å². The van der Waals surface area contributed by atoms with Crippen molar-refractivity contribution in [3.8, 4) is 16.5 Å². The van der Waals surface area contributed by atoms with Gasteiger partial charge in [-0.1, -0.05) is 0 Å². The van der Waals surface area contributed by atoms with Gasteiger partial charge in [0.2, 0.25) is 5.88 Å². The quantitative estimate of drug-likeness (QED) is 0.595. The number of carbonyl (C=O) groups excluding carboxylic acids is 1. The van der Waals surface area contributed by atoms with Crippen molar-refractivity contribution in [2.24, 2.45) is 5.73 Å². The smallest absolute Gasteiger partial charge is 0.213 e. The van der Waals surface area contributed by atoms with Crippen LogP contribution in [0.25, 0.3) is 10.6 Å². The van der Waals surface area contributed by atoms with Gasteiger partial charge in [0.25, 0.3) is 0 Å². The standard InChI is InChI=1S/C18H21N5O2S2/c1-23(2)7-11-3-4-21-16(5-11)25-8-14(24)17(19)12-6-15(26-9-12)13-10-27-18(20)22-13/h3-6,9-10,17H,7-8,19H2,1-2H3,(H2,20,22). The lowest BCUT2D eigenvalue weighted by Crippen LogP contribution is -2.26. The first-order valence-corrected chi connectivity index (χ1v) is 9.99. The van der Waals surface area contributed by atoms with Crippen molar-refractivity contribution in [2.45, 2.75) is 12.6 Å². The van der Waals surface area contributed by atoms with E-state index >= 15 is 0 Å². The average molecular weight is 404 g/mol. The predicted molar refractivity (Wildman–Crippen MR) is 109 cm³/mol. The molecular formula is C18H21N5O2S2. The molecule has 1 unspecified atom stereocenters. The molecule has 0 aliphatic rings. The molecule has 0 radical (unpaired) electrons. The van der Waals surface area contributed by atoms with Crippen LogP contribution in [-0.2, 0) is 11.3 Å². The zero-order valence-electron chi connectivity index (χ0n) is 15.1. The molecule has 0 aromatic carbocycles. The summed E-state index contributed by atoms with van der Waals surface area (Å²) in [6, 6.07) is 4.86. The first-order valence-electron chi connectivity index (χ1n) is 8.23. The summed E-state index contributed by atoms with van der Waals surface area (Å²) in [5.41, 5.74) is 14.4. The fraction of sp³-hybridized carbons (Fsp3) is 0.278. The molecule has 4 N–H and O–H groups in total. The Kier molecular flexibility index (Phi) is 6.17. The summed E-state index contributed by atoms with van der Waals surface area (Å²) in [6.07, 6.45) is 1.67. The number of hydrogen-bond acceptors (Lipinski definition) is 9. The third-order valence-electron chi connectivity index (χ3n) is 3.76. The van der Waals surface area contributed by atoms with Gasteiger partial charge in [0, 0.05) is 24.2 Å². The van der Waals surface area contributed by atoms with E-state index in [1.807, 2.05) is 48.0 Å². The number of thiophene rings is 1. The molecule has 0 bridgehead atoms. The Balaban J connectivity index is 1.60. The van der Waals surface area contributed by atoms with E-state index in [0.717, 1.165) is 28.2 Å². The van der Waals surface area contributed by atoms with Crippen LogP contribution in [0.3, 0.4) is 0 Å². The number of hydrogen-bond donors (Lipinski definition) is 2. The van der Waals surface area contributed by atoms with Crippen LogP contribution in [0.4, 0.5) is 5.13 Å². The maximum absolute atomic E-state index is 12.4. The molecule has 0 amide bonds. The molecule has 3 aromatic heterocycles. The van der Waals surface area contributed by atoms with Gasteiger partial charge in [-0.05, 0) is 42.7 Å². The van der Waals surface area contributed by atoms with Gasteiger partial charge in [-0.3, -0.25) is 4.79 Å². The lowest BCUT2D eigenvalue weighted by Gasteiger charge is -2.12. The van der Waals surface area contributed by atoms with Gasteiger partial charge in [0.1, 0.15) is 0 Å². The number of ether oxygens (including phenoxy) is 1. The molecule has 0 fully saturated rings. The number of aromatic nitrogens is 2. The Morgan fingerprint density at radius 3 is 2.81 bits per heavy atom. The average Bonchev–Trinajstić information content (AvgIpc) is 3.27. The van der Waals surface area contributed by atoms with Crippen molar-refractivity contribution in [1.82, 2.24) is 14.9 Å². The van der Waals surface area contributed by atoms with Crippen LogP contribution in [-0.4, -0.2) is 41.4 Å². The van der Waals surface area contributed by atoms with Crippen LogP contribution in [0, 0.1) is 0 Å². The number of pyridine rings is 1. The third kappa shape index (κ3) is 5.10. The lowest BCUT2D eigenvalue weighted by molar-refractivity contribution is -0.122. The van der Waals surface area contributed by atoms with Gasteiger partial charge in [-0.2, -0.15) is 0 Å². The van der Waals surface area contributed by atoms with E-state index in [1.54, 1.807) is 6.20 Å². The maximum Gasteiger partial charge on any atom is 0.213 e. The summed E-state index contributed by atoms with van der Waals surface area (Å²) in [5.74, 6) is 0.204. The molecule has 0 saturated heterocycles. The Hall–Kier alpha value is -2.33. The minimum absolute atomic E-state index is 0.131. The second kappa shape index (κ2) is 8.57. The Bertz CT molecular complexity index is 922. The molecule has 3 aromatic rings. The zero-order valence-corrected chi connectivity index (χ0v) is 16.7. The second-order valence-corrected chi connectivity index (χ2v) is 8.09. The molecular weight excluding hydrogens is 382 g/mol. The molecule has 3 rings (SSSR count). The van der Waals surface area contributed by atoms with E-state index in [4.69, 9.17) is 16.2 Å². The first kappa shape index (κ1) is 19.4. The minimum atomic E-state index is -0.754. The van der Waals surface area contributed by atoms with Crippen LogP contribution >= 0.6 is 22.7 Å². The summed E-state index contributed by atoms with van der Waals surface area (Å²) in [6.45, 7) is 0.638. The van der Waals surface area contributed by atoms with Gasteiger partial charge >= 0.3 is 0 Å². The van der Waals surface area contributed by atoms with Crippen molar-refractivity contribution < 1.29 is 9.53 Å². The number of nitrogen functional groups attached to an aromatic ring is 1. The van der Waals surface area contributed by atoms with E-state index in [-0.39, 0.29) is 12.4 Å². The largest absolute Gasteiger partial charge is 0.470 e. The van der Waals surface area contributed by atoms with Crippen molar-refractivity contribution >= 4 is 33.6 Å². The van der Waals surface area contributed by atoms with Crippen LogP contribution < -0.4 is 16.2 Å². The summed E-state index contributed by atoms with van der Waals surface area (Å²) in [5, 5.41) is 4.26. The molecule has 0 aliphatic heterocycles. The van der Waals surface area contributed by atoms with Gasteiger partial charge < -0.3 is 21.1 Å². The normalized spacial score (nSPS) is 12.3. The Morgan fingerprint density at radius 2 is 2.11 bits per heavy atom. The number of nitrogens with zero attached hydrogens (tertiary/aromatic N) is 3. The molecule has 27 heavy (non-hydrogen) atoms. The summed E-state index contributed by atoms with van der Waals surface area (Å²) in [7, 11) is 3.97. The molecule has 0 aliphatic carbocycles. The highest BCUT2D eigenvalue weighted by Crippen LogP contribution is 2.31. The van der Waals surface area contributed by atoms with E-state index < -0.39 is 6.04 Å². The van der Waals surface area contributed by atoms with Gasteiger partial charge in [0.15, 0.2) is 17.5 Å². The SMILES string of the molecule is CN(C)Cc1ccnc(OCC(=O)C(N)c2csc(-c3csc(N)n3)c2)c1. The van der Waals surface area contributed by atoms with Crippen molar-refractivity contribution in [3.05, 3.63) is 46.3 Å². The Labute approximate surface area is 165 Å². The van der Waals surface area contributed by atoms with Crippen LogP contribution in [0.2, 0.25) is 0 Å². The highest BCUT2D eigenvalue weighted by atomic mass is 32.1. The van der Waals surface area contributed by atoms with Crippen molar-refractivity contribution in [3.63, 3.8) is 0 Å². The van der Waals surface area contributed by atoms with Crippen LogP contribution in [0.1, 0.15) is 17.2 Å². The molecule has 0 spiro atoms. The van der Waals surface area contributed by atoms with Gasteiger partial charge in [0.05, 0.1) is 16.6 Å². The molecule has 9 heteroatoms. The highest BCUT2D eigenvalue weighted by Gasteiger charge is 2.19. The Morgan fingerprint density at radius 1 is 1.30 bits per heavy atom. The fourth-order valence-electron chi connectivity index (χ4n) is 2.46. The fourth-order valence-corrected chi connectivity index (χ4v) is 4.01. The molecule has 7 nitrogen and oxygen atoms in total. The molecule has 0 saturated carbocycles. The number of nitrogens with two attached hydrogens (primary N) is 2. The van der Waals surface area contributed by atoms with Crippen LogP contribution in [0.5, 0.6) is 5.88 Å². The first-order chi connectivity index (χ1) is 12.9. The number of ketones is 1. The number of carbonyl (C=O) groups is 1. The molecule has 142 valence electrons. The summed E-state index contributed by atoms with van der Waals surface area (Å²) < 4.78 is 5.54. The zero-order chi connectivity index (χ0) is 19.4. The number of anilines is 1. The van der Waals surface area contributed by atoms with E-state index in [0.29, 0.717) is 11.0 Å². The highest BCUT2D eigenvalue weighted by molar-refractivity contribution is 7.15. The predicted octanol–water partition coefficient (Wildman–Crippen LogP) is 2.56. The van der Waals surface area contributed by atoms with Gasteiger partial charge in [-0.15, -0.1) is 22.7 Å². The summed E-state index contributed by atoms with van der Waals surface area (Å²) >= 11 is 2.86. The number of Topliss-reactive ketones (excluding diaryl/α,β-unsaturated/α-hetero) is 1. The topological polar surface area (TPSA) is 107 Å². The lowest BCUT2D eigenvalue weighted by atomic mass is 10.1. The number of thiazole rings is 1. The summed E-state index contributed by atoms with van der Waals surface area (Å²) in [4.78, 5) is 23.8. The molecule has 3 heterocycles. The van der Waals surface area contributed by atoms with E-state index in [1.165, 1.54) is 22.7 Å². The van der Waals surface area contributed by atoms with E-state index in [2.05, 4.69) is 9.97 Å². The molecule has 1 atom stereocenters. The van der Waals surface area contributed by atoms with Crippen LogP contribution in [0.15, 0.2) is 35.2 Å². The van der Waals surface area contributed by atoms with E-state index in [9.17, 15) is 4.79 Å². The third-order valence-corrected chi connectivity index (χ3v) is 5.41. The monoisotopic (exact) mass is 403 g/mol.